The van der Waals surface area contributed by atoms with Crippen LogP contribution in [0.2, 0.25) is 0 Å². The van der Waals surface area contributed by atoms with Crippen LogP contribution >= 0.6 is 0 Å². The van der Waals surface area contributed by atoms with Gasteiger partial charge in [0.25, 0.3) is 0 Å². The van der Waals surface area contributed by atoms with Gasteiger partial charge in [0, 0.05) is 12.1 Å². The number of nitrogens with zero attached hydrogens (tertiary/aromatic N) is 1. The molecule has 1 aromatic heterocycles. The highest BCUT2D eigenvalue weighted by atomic mass is 16.4. The molecule has 1 aromatic carbocycles. The lowest BCUT2D eigenvalue weighted by atomic mass is 9.97. The summed E-state index contributed by atoms with van der Waals surface area (Å²) in [7, 11) is 0. The number of nitrogens with one attached hydrogen (secondary N) is 1. The van der Waals surface area contributed by atoms with Gasteiger partial charge in [0.15, 0.2) is 0 Å². The Balaban J connectivity index is 1.83. The zero-order chi connectivity index (χ0) is 14.5. The first-order valence-corrected chi connectivity index (χ1v) is 6.58. The van der Waals surface area contributed by atoms with Crippen LogP contribution in [-0.2, 0) is 11.3 Å². The van der Waals surface area contributed by atoms with Crippen molar-refractivity contribution in [1.29, 1.82) is 0 Å². The van der Waals surface area contributed by atoms with Crippen LogP contribution in [0.1, 0.15) is 36.5 Å². The van der Waals surface area contributed by atoms with Crippen LogP contribution in [-0.4, -0.2) is 10.9 Å². The minimum Gasteiger partial charge on any atom is -0.444 e. The number of nitrogens with two attached hydrogens (primary N) is 1. The number of carbonyl (C=O) groups excluding carboxylic acids is 1. The van der Waals surface area contributed by atoms with Gasteiger partial charge in [0.1, 0.15) is 5.76 Å². The Morgan fingerprint density at radius 1 is 1.40 bits per heavy atom. The predicted octanol–water partition coefficient (Wildman–Crippen LogP) is 2.38. The molecule has 2 aromatic rings. The molecular weight excluding hydrogens is 254 g/mol. The first-order valence-electron chi connectivity index (χ1n) is 6.58. The molecule has 1 amide bonds. The van der Waals surface area contributed by atoms with Crippen LogP contribution < -0.4 is 11.1 Å². The Kier molecular flexibility index (Phi) is 4.40. The second-order valence-electron chi connectivity index (χ2n) is 4.91. The molecule has 0 fully saturated rings. The topological polar surface area (TPSA) is 81.2 Å². The van der Waals surface area contributed by atoms with E-state index in [1.54, 1.807) is 6.20 Å². The number of oxazole rings is 1. The Hall–Kier alpha value is -2.30. The van der Waals surface area contributed by atoms with Crippen molar-refractivity contribution in [3.05, 3.63) is 47.7 Å². The minimum atomic E-state index is -0.0230. The molecule has 0 saturated heterocycles. The van der Waals surface area contributed by atoms with Crippen molar-refractivity contribution >= 4 is 11.6 Å². The third-order valence-electron chi connectivity index (χ3n) is 3.10. The molecule has 0 radical (unpaired) electrons. The van der Waals surface area contributed by atoms with E-state index in [1.165, 1.54) is 0 Å². The van der Waals surface area contributed by atoms with Crippen molar-refractivity contribution in [3.8, 4) is 0 Å². The number of rotatable bonds is 5. The van der Waals surface area contributed by atoms with Crippen molar-refractivity contribution in [1.82, 2.24) is 10.3 Å². The van der Waals surface area contributed by atoms with Crippen LogP contribution in [0.25, 0.3) is 0 Å². The number of aryl methyl sites for hydroxylation is 1. The van der Waals surface area contributed by atoms with Gasteiger partial charge in [-0.3, -0.25) is 4.79 Å². The van der Waals surface area contributed by atoms with Gasteiger partial charge in [0.2, 0.25) is 11.8 Å². The van der Waals surface area contributed by atoms with Gasteiger partial charge in [-0.05, 0) is 30.5 Å². The number of carbonyl (C=O) groups is 1. The summed E-state index contributed by atoms with van der Waals surface area (Å²) in [5.74, 6) is 1.38. The average Bonchev–Trinajstić information content (AvgIpc) is 2.83. The number of nitrogen functional groups attached to an aromatic ring is 1. The first-order chi connectivity index (χ1) is 9.54. The summed E-state index contributed by atoms with van der Waals surface area (Å²) in [6, 6.07) is 7.59. The zero-order valence-electron chi connectivity index (χ0n) is 11.7. The average molecular weight is 273 g/mol. The number of anilines is 1. The standard InChI is InChI=1S/C15H19N3O2/c1-10(12-3-5-13(16)6-4-12)7-14(19)17-9-15-18-8-11(2)20-15/h3-6,8,10H,7,9,16H2,1-2H3,(H,17,19). The molecule has 106 valence electrons. The highest BCUT2D eigenvalue weighted by Gasteiger charge is 2.11. The Bertz CT molecular complexity index is 575. The van der Waals surface area contributed by atoms with Crippen LogP contribution in [0, 0.1) is 6.92 Å². The maximum atomic E-state index is 11.9. The lowest BCUT2D eigenvalue weighted by molar-refractivity contribution is -0.121. The van der Waals surface area contributed by atoms with Gasteiger partial charge in [0.05, 0.1) is 12.7 Å². The second kappa shape index (κ2) is 6.23. The maximum absolute atomic E-state index is 11.9. The first kappa shape index (κ1) is 14.1. The quantitative estimate of drug-likeness (QED) is 0.819. The van der Waals surface area contributed by atoms with E-state index in [4.69, 9.17) is 10.2 Å². The van der Waals surface area contributed by atoms with Gasteiger partial charge in [-0.2, -0.15) is 0 Å². The largest absolute Gasteiger partial charge is 0.444 e. The number of aromatic nitrogens is 1. The molecule has 3 N–H and O–H groups in total. The molecule has 5 heteroatoms. The van der Waals surface area contributed by atoms with Gasteiger partial charge in [-0.15, -0.1) is 0 Å². The van der Waals surface area contributed by atoms with Gasteiger partial charge in [-0.25, -0.2) is 4.98 Å². The Morgan fingerprint density at radius 3 is 2.70 bits per heavy atom. The molecule has 0 aliphatic rings. The Morgan fingerprint density at radius 2 is 2.10 bits per heavy atom. The summed E-state index contributed by atoms with van der Waals surface area (Å²) in [5, 5.41) is 2.80. The zero-order valence-corrected chi connectivity index (χ0v) is 11.7. The van der Waals surface area contributed by atoms with Crippen LogP contribution in [0.15, 0.2) is 34.9 Å². The van der Waals surface area contributed by atoms with Crippen molar-refractivity contribution in [3.63, 3.8) is 0 Å². The number of hydrogen-bond acceptors (Lipinski definition) is 4. The summed E-state index contributed by atoms with van der Waals surface area (Å²) in [6.45, 7) is 4.16. The van der Waals surface area contributed by atoms with Crippen molar-refractivity contribution in [2.45, 2.75) is 32.7 Å². The van der Waals surface area contributed by atoms with E-state index in [1.807, 2.05) is 38.1 Å². The predicted molar refractivity (Wildman–Crippen MR) is 77.0 cm³/mol. The van der Waals surface area contributed by atoms with Gasteiger partial charge in [-0.1, -0.05) is 19.1 Å². The SMILES string of the molecule is Cc1cnc(CNC(=O)CC(C)c2ccc(N)cc2)o1. The van der Waals surface area contributed by atoms with Gasteiger partial charge >= 0.3 is 0 Å². The van der Waals surface area contributed by atoms with E-state index in [2.05, 4.69) is 10.3 Å². The maximum Gasteiger partial charge on any atom is 0.221 e. The van der Waals surface area contributed by atoms with E-state index >= 15 is 0 Å². The fourth-order valence-electron chi connectivity index (χ4n) is 1.95. The smallest absolute Gasteiger partial charge is 0.221 e. The second-order valence-corrected chi connectivity index (χ2v) is 4.91. The molecule has 20 heavy (non-hydrogen) atoms. The molecule has 0 aliphatic heterocycles. The molecule has 5 nitrogen and oxygen atoms in total. The van der Waals surface area contributed by atoms with Crippen molar-refractivity contribution < 1.29 is 9.21 Å². The molecule has 1 atom stereocenters. The molecular formula is C15H19N3O2. The molecule has 1 unspecified atom stereocenters. The van der Waals surface area contributed by atoms with Crippen molar-refractivity contribution in [2.24, 2.45) is 0 Å². The number of amides is 1. The normalized spacial score (nSPS) is 12.1. The number of benzene rings is 1. The summed E-state index contributed by atoms with van der Waals surface area (Å²) in [6.07, 6.45) is 2.06. The van der Waals surface area contributed by atoms with Crippen LogP contribution in [0.4, 0.5) is 5.69 Å². The number of hydrogen-bond donors (Lipinski definition) is 2. The van der Waals surface area contributed by atoms with Gasteiger partial charge < -0.3 is 15.5 Å². The van der Waals surface area contributed by atoms with E-state index in [-0.39, 0.29) is 11.8 Å². The highest BCUT2D eigenvalue weighted by Crippen LogP contribution is 2.19. The molecule has 0 bridgehead atoms. The third-order valence-corrected chi connectivity index (χ3v) is 3.10. The summed E-state index contributed by atoms with van der Waals surface area (Å²) >= 11 is 0. The van der Waals surface area contributed by atoms with E-state index in [9.17, 15) is 4.79 Å². The summed E-state index contributed by atoms with van der Waals surface area (Å²) in [4.78, 5) is 15.9. The third kappa shape index (κ3) is 3.85. The molecule has 0 aliphatic carbocycles. The lowest BCUT2D eigenvalue weighted by Crippen LogP contribution is -2.24. The lowest BCUT2D eigenvalue weighted by Gasteiger charge is -2.11. The molecule has 1 heterocycles. The summed E-state index contributed by atoms with van der Waals surface area (Å²) in [5.41, 5.74) is 7.47. The van der Waals surface area contributed by atoms with E-state index in [0.717, 1.165) is 17.0 Å². The minimum absolute atomic E-state index is 0.0230. The molecule has 2 rings (SSSR count). The molecule has 0 saturated carbocycles. The monoisotopic (exact) mass is 273 g/mol. The fraction of sp³-hybridized carbons (Fsp3) is 0.333. The fourth-order valence-corrected chi connectivity index (χ4v) is 1.95. The van der Waals surface area contributed by atoms with Crippen LogP contribution in [0.3, 0.4) is 0 Å². The highest BCUT2D eigenvalue weighted by molar-refractivity contribution is 5.76. The van der Waals surface area contributed by atoms with Crippen molar-refractivity contribution in [2.75, 3.05) is 5.73 Å². The molecule has 0 spiro atoms. The Labute approximate surface area is 118 Å². The van der Waals surface area contributed by atoms with E-state index in [0.29, 0.717) is 18.9 Å². The summed E-state index contributed by atoms with van der Waals surface area (Å²) < 4.78 is 5.30. The van der Waals surface area contributed by atoms with E-state index < -0.39 is 0 Å². The van der Waals surface area contributed by atoms with Crippen LogP contribution in [0.5, 0.6) is 0 Å².